The molecule has 0 unspecified atom stereocenters. The summed E-state index contributed by atoms with van der Waals surface area (Å²) < 4.78 is 0. The van der Waals surface area contributed by atoms with E-state index in [-0.39, 0.29) is 5.56 Å². The number of aromatic carboxylic acids is 1. The van der Waals surface area contributed by atoms with Crippen molar-refractivity contribution in [2.24, 2.45) is 0 Å². The van der Waals surface area contributed by atoms with Gasteiger partial charge in [0.2, 0.25) is 0 Å². The number of hydrogen-bond donors (Lipinski definition) is 3. The highest BCUT2D eigenvalue weighted by molar-refractivity contribution is 5.93. The third-order valence-electron chi connectivity index (χ3n) is 2.41. The molecule has 0 fully saturated rings. The van der Waals surface area contributed by atoms with Crippen molar-refractivity contribution < 1.29 is 19.8 Å². The second-order valence-electron chi connectivity index (χ2n) is 3.97. The first-order valence-electron chi connectivity index (χ1n) is 6.04. The number of para-hydroxylation sites is 1. The first-order chi connectivity index (χ1) is 10.0. The summed E-state index contributed by atoms with van der Waals surface area (Å²) >= 11 is 0. The molecule has 2 rings (SSSR count). The molecule has 0 spiro atoms. The maximum atomic E-state index is 10.3. The van der Waals surface area contributed by atoms with Gasteiger partial charge in [0.05, 0.1) is 5.56 Å². The van der Waals surface area contributed by atoms with Crippen molar-refractivity contribution in [2.75, 3.05) is 5.73 Å². The summed E-state index contributed by atoms with van der Waals surface area (Å²) in [6, 6.07) is 15.7. The Morgan fingerprint density at radius 3 is 1.95 bits per heavy atom. The Balaban J connectivity index is 0.000000211. The number of hydrogen-bond acceptors (Lipinski definition) is 3. The lowest BCUT2D eigenvalue weighted by Crippen LogP contribution is -2.00. The van der Waals surface area contributed by atoms with E-state index in [0.717, 1.165) is 11.6 Å². The number of anilines is 1. The minimum atomic E-state index is -0.988. The van der Waals surface area contributed by atoms with Crippen LogP contribution in [0.3, 0.4) is 0 Å². The Bertz CT molecular complexity index is 636. The largest absolute Gasteiger partial charge is 0.478 e. The van der Waals surface area contributed by atoms with Gasteiger partial charge < -0.3 is 15.9 Å². The summed E-state index contributed by atoms with van der Waals surface area (Å²) in [4.78, 5) is 20.4. The first kappa shape index (κ1) is 16.0. The van der Waals surface area contributed by atoms with Crippen molar-refractivity contribution >= 4 is 23.7 Å². The van der Waals surface area contributed by atoms with E-state index >= 15 is 0 Å². The summed E-state index contributed by atoms with van der Waals surface area (Å²) in [5, 5.41) is 16.8. The molecule has 0 aliphatic rings. The minimum absolute atomic E-state index is 0.155. The van der Waals surface area contributed by atoms with E-state index in [2.05, 4.69) is 0 Å². The lowest BCUT2D eigenvalue weighted by molar-refractivity contribution is -0.131. The number of rotatable bonds is 3. The van der Waals surface area contributed by atoms with Gasteiger partial charge in [0.1, 0.15) is 0 Å². The number of nitrogen functional groups attached to an aromatic ring is 1. The van der Waals surface area contributed by atoms with Crippen LogP contribution in [0.2, 0.25) is 0 Å². The van der Waals surface area contributed by atoms with Gasteiger partial charge in [0, 0.05) is 11.8 Å². The molecule has 0 bridgehead atoms. The third-order valence-corrected chi connectivity index (χ3v) is 2.41. The number of carbonyl (C=O) groups is 2. The van der Waals surface area contributed by atoms with Crippen molar-refractivity contribution in [1.29, 1.82) is 0 Å². The maximum Gasteiger partial charge on any atom is 0.337 e. The Morgan fingerprint density at radius 1 is 0.905 bits per heavy atom. The molecule has 0 radical (unpaired) electrons. The first-order valence-corrected chi connectivity index (χ1v) is 6.04. The molecule has 4 N–H and O–H groups in total. The highest BCUT2D eigenvalue weighted by Gasteiger charge is 2.03. The quantitative estimate of drug-likeness (QED) is 0.594. The highest BCUT2D eigenvalue weighted by atomic mass is 16.4. The molecule has 0 heterocycles. The van der Waals surface area contributed by atoms with E-state index < -0.39 is 11.9 Å². The average molecular weight is 285 g/mol. The van der Waals surface area contributed by atoms with Crippen LogP contribution in [0.1, 0.15) is 15.9 Å². The molecule has 0 aliphatic carbocycles. The monoisotopic (exact) mass is 285 g/mol. The van der Waals surface area contributed by atoms with Gasteiger partial charge in [-0.2, -0.15) is 0 Å². The van der Waals surface area contributed by atoms with E-state index in [9.17, 15) is 9.59 Å². The lowest BCUT2D eigenvalue weighted by atomic mass is 10.2. The van der Waals surface area contributed by atoms with Crippen LogP contribution in [0.4, 0.5) is 5.69 Å². The van der Waals surface area contributed by atoms with Gasteiger partial charge in [-0.3, -0.25) is 0 Å². The van der Waals surface area contributed by atoms with Gasteiger partial charge in [0.25, 0.3) is 0 Å². The smallest absolute Gasteiger partial charge is 0.337 e. The Labute approximate surface area is 122 Å². The van der Waals surface area contributed by atoms with E-state index in [0.29, 0.717) is 5.69 Å². The number of aliphatic carboxylic acids is 1. The standard InChI is InChI=1S/C9H8O2.C7H7NO2/c10-9(11)7-6-8-4-2-1-3-5-8;8-6-4-2-1-3-5(6)7(9)10/h1-7H,(H,10,11);1-4H,8H2,(H,9,10)/b7-6+;. The Kier molecular flexibility index (Phi) is 6.21. The highest BCUT2D eigenvalue weighted by Crippen LogP contribution is 2.09. The predicted molar refractivity (Wildman–Crippen MR) is 80.9 cm³/mol. The molecule has 21 heavy (non-hydrogen) atoms. The summed E-state index contributed by atoms with van der Waals surface area (Å²) in [5.74, 6) is -1.91. The van der Waals surface area contributed by atoms with Gasteiger partial charge in [0.15, 0.2) is 0 Å². The second kappa shape index (κ2) is 8.16. The van der Waals surface area contributed by atoms with Crippen molar-refractivity contribution in [1.82, 2.24) is 0 Å². The summed E-state index contributed by atoms with van der Waals surface area (Å²) in [7, 11) is 0. The third kappa shape index (κ3) is 6.07. The summed E-state index contributed by atoms with van der Waals surface area (Å²) in [6.45, 7) is 0. The van der Waals surface area contributed by atoms with Gasteiger partial charge in [-0.05, 0) is 23.8 Å². The molecular weight excluding hydrogens is 270 g/mol. The van der Waals surface area contributed by atoms with Gasteiger partial charge in [-0.1, -0.05) is 42.5 Å². The van der Waals surface area contributed by atoms with E-state index in [1.54, 1.807) is 24.3 Å². The zero-order valence-corrected chi connectivity index (χ0v) is 11.1. The van der Waals surface area contributed by atoms with Crippen LogP contribution in [-0.2, 0) is 4.79 Å². The fraction of sp³-hybridized carbons (Fsp3) is 0. The lowest BCUT2D eigenvalue weighted by Gasteiger charge is -1.96. The summed E-state index contributed by atoms with van der Waals surface area (Å²) in [5.41, 5.74) is 6.69. The molecule has 0 saturated carbocycles. The van der Waals surface area contributed by atoms with Gasteiger partial charge >= 0.3 is 11.9 Å². The molecule has 0 amide bonds. The maximum absolute atomic E-state index is 10.3. The zero-order chi connectivity index (χ0) is 15.7. The van der Waals surface area contributed by atoms with Crippen molar-refractivity contribution in [3.05, 3.63) is 71.8 Å². The van der Waals surface area contributed by atoms with Crippen molar-refractivity contribution in [3.63, 3.8) is 0 Å². The van der Waals surface area contributed by atoms with Crippen molar-refractivity contribution in [3.8, 4) is 0 Å². The van der Waals surface area contributed by atoms with Crippen molar-refractivity contribution in [2.45, 2.75) is 0 Å². The van der Waals surface area contributed by atoms with Crippen LogP contribution in [-0.4, -0.2) is 22.2 Å². The predicted octanol–water partition coefficient (Wildman–Crippen LogP) is 2.75. The number of benzene rings is 2. The van der Waals surface area contributed by atoms with Crippen LogP contribution >= 0.6 is 0 Å². The molecule has 0 aliphatic heterocycles. The Morgan fingerprint density at radius 2 is 1.48 bits per heavy atom. The molecule has 5 nitrogen and oxygen atoms in total. The number of carboxylic acids is 2. The number of carboxylic acid groups (broad SMARTS) is 2. The molecule has 0 saturated heterocycles. The average Bonchev–Trinajstić information content (AvgIpc) is 2.47. The topological polar surface area (TPSA) is 101 Å². The van der Waals surface area contributed by atoms with Crippen LogP contribution in [0.5, 0.6) is 0 Å². The van der Waals surface area contributed by atoms with Crippen LogP contribution < -0.4 is 5.73 Å². The minimum Gasteiger partial charge on any atom is -0.478 e. The van der Waals surface area contributed by atoms with Gasteiger partial charge in [-0.15, -0.1) is 0 Å². The second-order valence-corrected chi connectivity index (χ2v) is 3.97. The van der Waals surface area contributed by atoms with E-state index in [1.165, 1.54) is 6.07 Å². The van der Waals surface area contributed by atoms with Crippen LogP contribution in [0.15, 0.2) is 60.7 Å². The SMILES string of the molecule is Nc1ccccc1C(=O)O.O=C(O)/C=C/c1ccccc1. The summed E-state index contributed by atoms with van der Waals surface area (Å²) in [6.07, 6.45) is 2.68. The van der Waals surface area contributed by atoms with Gasteiger partial charge in [-0.25, -0.2) is 9.59 Å². The molecule has 2 aromatic carbocycles. The molecule has 5 heteroatoms. The zero-order valence-electron chi connectivity index (χ0n) is 11.1. The van der Waals surface area contributed by atoms with E-state index in [1.807, 2.05) is 30.3 Å². The van der Waals surface area contributed by atoms with Crippen LogP contribution in [0, 0.1) is 0 Å². The molecule has 108 valence electrons. The fourth-order valence-corrected chi connectivity index (χ4v) is 1.42. The van der Waals surface area contributed by atoms with E-state index in [4.69, 9.17) is 15.9 Å². The fourth-order valence-electron chi connectivity index (χ4n) is 1.42. The molecule has 0 atom stereocenters. The van der Waals surface area contributed by atoms with Crippen LogP contribution in [0.25, 0.3) is 6.08 Å². The molecular formula is C16H15NO4. The molecule has 2 aromatic rings. The molecule has 0 aromatic heterocycles. The number of nitrogens with two attached hydrogens (primary N) is 1. The Hall–Kier alpha value is -3.08. The normalized spacial score (nSPS) is 9.71.